The van der Waals surface area contributed by atoms with Crippen LogP contribution in [0.5, 0.6) is 0 Å². The van der Waals surface area contributed by atoms with Gasteiger partial charge in [0, 0.05) is 6.20 Å². The van der Waals surface area contributed by atoms with Crippen molar-refractivity contribution in [1.82, 2.24) is 9.55 Å². The van der Waals surface area contributed by atoms with E-state index in [1.807, 2.05) is 0 Å². The van der Waals surface area contributed by atoms with Crippen molar-refractivity contribution >= 4 is 11.5 Å². The number of aliphatic hydroxyl groups is 3. The Balaban J connectivity index is 2.58. The summed E-state index contributed by atoms with van der Waals surface area (Å²) in [5, 5.41) is 29.2. The number of rotatable bonds is 3. The largest absolute Gasteiger partial charge is 0.395 e. The van der Waals surface area contributed by atoms with Crippen molar-refractivity contribution in [3.8, 4) is 0 Å². The maximum absolute atomic E-state index is 12.0. The van der Waals surface area contributed by atoms with Crippen molar-refractivity contribution in [3.05, 3.63) is 16.7 Å². The first-order valence-electron chi connectivity index (χ1n) is 6.17. The summed E-state index contributed by atoms with van der Waals surface area (Å²) in [5.41, 5.74) is 8.82. The second-order valence-corrected chi connectivity index (χ2v) is 4.71. The zero-order chi connectivity index (χ0) is 15.1. The molecule has 20 heavy (non-hydrogen) atoms. The molecule has 2 heterocycles. The molecule has 1 aliphatic rings. The average molecular weight is 286 g/mol. The Kier molecular flexibility index (Phi) is 3.69. The highest BCUT2D eigenvalue weighted by molar-refractivity contribution is 5.55. The molecule has 4 atom stereocenters. The van der Waals surface area contributed by atoms with Crippen LogP contribution in [0.1, 0.15) is 13.3 Å². The smallest absolute Gasteiger partial charge is 0.352 e. The molecule has 1 saturated heterocycles. The van der Waals surface area contributed by atoms with E-state index in [4.69, 9.17) is 21.3 Å². The molecule has 9 nitrogen and oxygen atoms in total. The summed E-state index contributed by atoms with van der Waals surface area (Å²) in [6.45, 7) is 1.17. The van der Waals surface area contributed by atoms with Gasteiger partial charge in [0.05, 0.1) is 12.3 Å². The van der Waals surface area contributed by atoms with E-state index in [0.717, 1.165) is 4.57 Å². The molecule has 1 aromatic rings. The Morgan fingerprint density at radius 3 is 2.65 bits per heavy atom. The fourth-order valence-electron chi connectivity index (χ4n) is 2.43. The van der Waals surface area contributed by atoms with Crippen LogP contribution in [0.15, 0.2) is 11.0 Å². The molecule has 1 fully saturated rings. The normalized spacial score (nSPS) is 33.5. The van der Waals surface area contributed by atoms with Crippen LogP contribution in [0, 0.1) is 0 Å². The van der Waals surface area contributed by atoms with E-state index in [0.29, 0.717) is 0 Å². The van der Waals surface area contributed by atoms with E-state index in [2.05, 4.69) is 4.98 Å². The van der Waals surface area contributed by atoms with Crippen LogP contribution in [-0.2, 0) is 10.5 Å². The van der Waals surface area contributed by atoms with Gasteiger partial charge in [0.25, 0.3) is 0 Å². The maximum Gasteiger partial charge on any atom is 0.352 e. The first-order chi connectivity index (χ1) is 9.37. The third kappa shape index (κ3) is 1.95. The summed E-state index contributed by atoms with van der Waals surface area (Å²) in [6.07, 6.45) is -2.37. The predicted octanol–water partition coefficient (Wildman–Crippen LogP) is -2.42. The summed E-state index contributed by atoms with van der Waals surface area (Å²) in [5.74, 6) is -0.121. The second-order valence-electron chi connectivity index (χ2n) is 4.71. The molecule has 0 radical (unpaired) electrons. The van der Waals surface area contributed by atoms with Gasteiger partial charge in [-0.05, 0) is 6.42 Å². The van der Waals surface area contributed by atoms with Crippen molar-refractivity contribution < 1.29 is 20.1 Å². The predicted molar refractivity (Wildman–Crippen MR) is 69.6 cm³/mol. The number of hydrogen-bond acceptors (Lipinski definition) is 8. The Morgan fingerprint density at radius 2 is 2.15 bits per heavy atom. The summed E-state index contributed by atoms with van der Waals surface area (Å²) in [4.78, 5) is 15.5. The summed E-state index contributed by atoms with van der Waals surface area (Å²) < 4.78 is 6.51. The standard InChI is InChI=1S/C11H18N4O5/c1-2-11(8(18)7(17)6(4-16)20-11)15-3-5(12)9(13)14-10(15)19/h3,6-8,16-18H,2,4,12H2,1H3,(H2,13,14,19)/t6-,7-,8-,11-/m1/s1. The van der Waals surface area contributed by atoms with Crippen LogP contribution in [0.4, 0.5) is 11.5 Å². The third-order valence-electron chi connectivity index (χ3n) is 3.60. The summed E-state index contributed by atoms with van der Waals surface area (Å²) in [6, 6.07) is 0. The van der Waals surface area contributed by atoms with Crippen molar-refractivity contribution in [2.75, 3.05) is 18.1 Å². The molecule has 112 valence electrons. The van der Waals surface area contributed by atoms with Crippen molar-refractivity contribution in [2.45, 2.75) is 37.4 Å². The fourth-order valence-corrected chi connectivity index (χ4v) is 2.43. The van der Waals surface area contributed by atoms with Gasteiger partial charge in [0.15, 0.2) is 11.5 Å². The molecule has 7 N–H and O–H groups in total. The lowest BCUT2D eigenvalue weighted by molar-refractivity contribution is -0.152. The van der Waals surface area contributed by atoms with Crippen LogP contribution in [-0.4, -0.2) is 49.8 Å². The van der Waals surface area contributed by atoms with Crippen LogP contribution in [0.25, 0.3) is 0 Å². The number of nitrogen functional groups attached to an aromatic ring is 2. The second kappa shape index (κ2) is 5.02. The number of nitrogens with two attached hydrogens (primary N) is 2. The molecule has 1 aromatic heterocycles. The minimum absolute atomic E-state index is 0.0511. The topological polar surface area (TPSA) is 157 Å². The first kappa shape index (κ1) is 14.7. The quantitative estimate of drug-likeness (QED) is 0.411. The Hall–Kier alpha value is -1.68. The van der Waals surface area contributed by atoms with Crippen LogP contribution in [0.2, 0.25) is 0 Å². The third-order valence-corrected chi connectivity index (χ3v) is 3.60. The molecule has 1 aliphatic heterocycles. The molecular formula is C11H18N4O5. The number of hydrogen-bond donors (Lipinski definition) is 5. The molecule has 0 amide bonds. The molecule has 0 unspecified atom stereocenters. The minimum atomic E-state index is -1.54. The lowest BCUT2D eigenvalue weighted by Gasteiger charge is -2.32. The Morgan fingerprint density at radius 1 is 1.50 bits per heavy atom. The van der Waals surface area contributed by atoms with Gasteiger partial charge in [-0.15, -0.1) is 0 Å². The lowest BCUT2D eigenvalue weighted by atomic mass is 10.00. The summed E-state index contributed by atoms with van der Waals surface area (Å²) >= 11 is 0. The number of aromatic nitrogens is 2. The van der Waals surface area contributed by atoms with Crippen LogP contribution >= 0.6 is 0 Å². The van der Waals surface area contributed by atoms with E-state index in [9.17, 15) is 15.0 Å². The van der Waals surface area contributed by atoms with Crippen molar-refractivity contribution in [3.63, 3.8) is 0 Å². The van der Waals surface area contributed by atoms with Gasteiger partial charge < -0.3 is 31.5 Å². The van der Waals surface area contributed by atoms with Crippen molar-refractivity contribution in [1.29, 1.82) is 0 Å². The number of nitrogens with zero attached hydrogens (tertiary/aromatic N) is 2. The zero-order valence-corrected chi connectivity index (χ0v) is 10.9. The van der Waals surface area contributed by atoms with Gasteiger partial charge in [-0.2, -0.15) is 4.98 Å². The van der Waals surface area contributed by atoms with E-state index in [1.54, 1.807) is 6.92 Å². The zero-order valence-electron chi connectivity index (χ0n) is 10.9. The lowest BCUT2D eigenvalue weighted by Crippen LogP contribution is -2.50. The summed E-state index contributed by atoms with van der Waals surface area (Å²) in [7, 11) is 0. The molecule has 0 bridgehead atoms. The highest BCUT2D eigenvalue weighted by Crippen LogP contribution is 2.37. The van der Waals surface area contributed by atoms with Gasteiger partial charge in [0.2, 0.25) is 0 Å². The molecule has 0 spiro atoms. The van der Waals surface area contributed by atoms with E-state index in [-0.39, 0.29) is 17.9 Å². The Bertz CT molecular complexity index is 562. The van der Waals surface area contributed by atoms with Gasteiger partial charge in [0.1, 0.15) is 18.3 Å². The van der Waals surface area contributed by atoms with Gasteiger partial charge in [-0.3, -0.25) is 4.57 Å². The number of ether oxygens (including phenoxy) is 1. The van der Waals surface area contributed by atoms with Crippen molar-refractivity contribution in [2.24, 2.45) is 0 Å². The van der Waals surface area contributed by atoms with Crippen LogP contribution in [0.3, 0.4) is 0 Å². The monoisotopic (exact) mass is 286 g/mol. The van der Waals surface area contributed by atoms with Gasteiger partial charge in [-0.1, -0.05) is 6.92 Å². The van der Waals surface area contributed by atoms with Gasteiger partial charge in [-0.25, -0.2) is 4.79 Å². The number of aliphatic hydroxyl groups excluding tert-OH is 3. The maximum atomic E-state index is 12.0. The molecule has 0 saturated carbocycles. The van der Waals surface area contributed by atoms with E-state index < -0.39 is 36.3 Å². The highest BCUT2D eigenvalue weighted by Gasteiger charge is 2.54. The molecule has 0 aliphatic carbocycles. The molecule has 9 heteroatoms. The molecule has 0 aromatic carbocycles. The highest BCUT2D eigenvalue weighted by atomic mass is 16.6. The van der Waals surface area contributed by atoms with Gasteiger partial charge >= 0.3 is 5.69 Å². The van der Waals surface area contributed by atoms with E-state index >= 15 is 0 Å². The average Bonchev–Trinajstić information content (AvgIpc) is 2.68. The SMILES string of the molecule is CC[C@@]1(n2cc(N)c(N)nc2=O)O[C@H](CO)[C@@H](O)[C@H]1O. The molecule has 2 rings (SSSR count). The fraction of sp³-hybridized carbons (Fsp3) is 0.636. The minimum Gasteiger partial charge on any atom is -0.395 e. The van der Waals surface area contributed by atoms with Crippen LogP contribution < -0.4 is 17.2 Å². The molecular weight excluding hydrogens is 268 g/mol. The van der Waals surface area contributed by atoms with E-state index in [1.165, 1.54) is 6.20 Å². The first-order valence-corrected chi connectivity index (χ1v) is 6.17. The Labute approximate surface area is 114 Å². The number of anilines is 2.